The van der Waals surface area contributed by atoms with Gasteiger partial charge < -0.3 is 15.8 Å². The van der Waals surface area contributed by atoms with Gasteiger partial charge in [0.2, 0.25) is 5.95 Å². The van der Waals surface area contributed by atoms with Crippen molar-refractivity contribution in [2.75, 3.05) is 31.3 Å². The smallest absolute Gasteiger partial charge is 0.223 e. The number of nitrogen functional groups attached to an aromatic ring is 1. The number of ether oxygens (including phenoxy) is 1. The molecule has 1 heterocycles. The van der Waals surface area contributed by atoms with E-state index < -0.39 is 0 Å². The minimum absolute atomic E-state index is 0.113. The number of aromatic nitrogens is 2. The zero-order valence-electron chi connectivity index (χ0n) is 10.5. The minimum Gasteiger partial charge on any atom is -0.385 e. The standard InChI is InChI=1S/C11H19ClN4O/c1-11(2,4-5-17-3)7-14-9-6-8(12)15-10(13)16-9/h6H,4-5,7H2,1-3H3,(H3,13,14,15,16). The largest absolute Gasteiger partial charge is 0.385 e. The van der Waals surface area contributed by atoms with Gasteiger partial charge in [-0.15, -0.1) is 0 Å². The highest BCUT2D eigenvalue weighted by molar-refractivity contribution is 6.29. The molecule has 0 saturated carbocycles. The fourth-order valence-corrected chi connectivity index (χ4v) is 1.51. The molecule has 0 aromatic carbocycles. The Balaban J connectivity index is 2.54. The van der Waals surface area contributed by atoms with Crippen molar-refractivity contribution >= 4 is 23.4 Å². The quantitative estimate of drug-likeness (QED) is 0.765. The molecule has 0 bridgehead atoms. The molecule has 0 aliphatic carbocycles. The van der Waals surface area contributed by atoms with Crippen molar-refractivity contribution in [1.29, 1.82) is 0 Å². The van der Waals surface area contributed by atoms with Crippen molar-refractivity contribution < 1.29 is 4.74 Å². The Labute approximate surface area is 107 Å². The molecule has 6 heteroatoms. The van der Waals surface area contributed by atoms with Crippen LogP contribution >= 0.6 is 11.6 Å². The van der Waals surface area contributed by atoms with Crippen LogP contribution in [0.3, 0.4) is 0 Å². The number of nitrogens with two attached hydrogens (primary N) is 1. The predicted octanol–water partition coefficient (Wildman–Crippen LogP) is 2.19. The van der Waals surface area contributed by atoms with Crippen LogP contribution in [0.15, 0.2) is 6.07 Å². The lowest BCUT2D eigenvalue weighted by molar-refractivity contribution is 0.157. The fourth-order valence-electron chi connectivity index (χ4n) is 1.32. The van der Waals surface area contributed by atoms with E-state index in [0.29, 0.717) is 11.0 Å². The molecule has 17 heavy (non-hydrogen) atoms. The first kappa shape index (κ1) is 14.0. The molecule has 0 fully saturated rings. The highest BCUT2D eigenvalue weighted by Crippen LogP contribution is 2.21. The summed E-state index contributed by atoms with van der Waals surface area (Å²) in [6, 6.07) is 1.66. The maximum absolute atomic E-state index is 5.79. The predicted molar refractivity (Wildman–Crippen MR) is 70.2 cm³/mol. The van der Waals surface area contributed by atoms with E-state index in [1.165, 1.54) is 0 Å². The lowest BCUT2D eigenvalue weighted by atomic mass is 9.90. The Hall–Kier alpha value is -1.07. The molecule has 0 amide bonds. The van der Waals surface area contributed by atoms with Gasteiger partial charge in [-0.2, -0.15) is 4.98 Å². The maximum atomic E-state index is 5.79. The summed E-state index contributed by atoms with van der Waals surface area (Å²) in [5, 5.41) is 3.55. The van der Waals surface area contributed by atoms with E-state index in [1.54, 1.807) is 13.2 Å². The number of hydrogen-bond donors (Lipinski definition) is 2. The van der Waals surface area contributed by atoms with Gasteiger partial charge in [-0.1, -0.05) is 25.4 Å². The molecule has 0 aliphatic rings. The second-order valence-electron chi connectivity index (χ2n) is 4.69. The normalized spacial score (nSPS) is 11.5. The molecule has 0 spiro atoms. The third kappa shape index (κ3) is 5.19. The molecule has 0 atom stereocenters. The summed E-state index contributed by atoms with van der Waals surface area (Å²) in [6.07, 6.45) is 0.963. The third-order valence-corrected chi connectivity index (χ3v) is 2.64. The molecular weight excluding hydrogens is 240 g/mol. The van der Waals surface area contributed by atoms with Gasteiger partial charge in [-0.25, -0.2) is 4.98 Å². The summed E-state index contributed by atoms with van der Waals surface area (Å²) >= 11 is 5.79. The van der Waals surface area contributed by atoms with Crippen LogP contribution in [0.2, 0.25) is 5.15 Å². The van der Waals surface area contributed by atoms with E-state index in [2.05, 4.69) is 29.1 Å². The van der Waals surface area contributed by atoms with Crippen LogP contribution in [-0.2, 0) is 4.74 Å². The van der Waals surface area contributed by atoms with Crippen molar-refractivity contribution in [3.05, 3.63) is 11.2 Å². The van der Waals surface area contributed by atoms with Gasteiger partial charge in [0.25, 0.3) is 0 Å². The molecule has 0 saturated heterocycles. The molecule has 0 aliphatic heterocycles. The number of nitrogens with zero attached hydrogens (tertiary/aromatic N) is 2. The van der Waals surface area contributed by atoms with Crippen LogP contribution in [0.1, 0.15) is 20.3 Å². The number of nitrogens with one attached hydrogen (secondary N) is 1. The molecule has 1 rings (SSSR count). The molecule has 1 aromatic rings. The Morgan fingerprint density at radius 1 is 1.47 bits per heavy atom. The van der Waals surface area contributed by atoms with Gasteiger partial charge in [-0.3, -0.25) is 0 Å². The number of halogens is 1. The van der Waals surface area contributed by atoms with Crippen LogP contribution in [0.25, 0.3) is 0 Å². The minimum atomic E-state index is 0.113. The molecule has 3 N–H and O–H groups in total. The van der Waals surface area contributed by atoms with Crippen molar-refractivity contribution in [2.24, 2.45) is 5.41 Å². The van der Waals surface area contributed by atoms with E-state index in [0.717, 1.165) is 19.6 Å². The first-order valence-electron chi connectivity index (χ1n) is 5.46. The van der Waals surface area contributed by atoms with E-state index in [9.17, 15) is 0 Å². The van der Waals surface area contributed by atoms with E-state index in [-0.39, 0.29) is 11.4 Å². The van der Waals surface area contributed by atoms with Gasteiger partial charge in [0, 0.05) is 26.3 Å². The SMILES string of the molecule is COCCC(C)(C)CNc1cc(Cl)nc(N)n1. The number of rotatable bonds is 6. The van der Waals surface area contributed by atoms with Crippen LogP contribution < -0.4 is 11.1 Å². The van der Waals surface area contributed by atoms with Gasteiger partial charge in [-0.05, 0) is 11.8 Å². The summed E-state index contributed by atoms with van der Waals surface area (Å²) in [7, 11) is 1.70. The summed E-state index contributed by atoms with van der Waals surface area (Å²) in [5.41, 5.74) is 5.63. The molecule has 0 radical (unpaired) electrons. The van der Waals surface area contributed by atoms with E-state index >= 15 is 0 Å². The zero-order valence-corrected chi connectivity index (χ0v) is 11.2. The number of methoxy groups -OCH3 is 1. The van der Waals surface area contributed by atoms with E-state index in [4.69, 9.17) is 22.1 Å². The first-order chi connectivity index (χ1) is 7.93. The fraction of sp³-hybridized carbons (Fsp3) is 0.636. The second kappa shape index (κ2) is 6.02. The number of anilines is 2. The summed E-state index contributed by atoms with van der Waals surface area (Å²) in [4.78, 5) is 7.86. The summed E-state index contributed by atoms with van der Waals surface area (Å²) in [6.45, 7) is 5.82. The van der Waals surface area contributed by atoms with Crippen LogP contribution in [0, 0.1) is 5.41 Å². The molecule has 96 valence electrons. The van der Waals surface area contributed by atoms with Crippen molar-refractivity contribution in [2.45, 2.75) is 20.3 Å². The van der Waals surface area contributed by atoms with Gasteiger partial charge >= 0.3 is 0 Å². The third-order valence-electron chi connectivity index (χ3n) is 2.44. The lowest BCUT2D eigenvalue weighted by Gasteiger charge is -2.24. The Kier molecular flexibility index (Phi) is 4.96. The summed E-state index contributed by atoms with van der Waals surface area (Å²) in [5.74, 6) is 0.822. The average Bonchev–Trinajstić information content (AvgIpc) is 2.23. The zero-order chi connectivity index (χ0) is 12.9. The molecule has 0 unspecified atom stereocenters. The Bertz CT molecular complexity index is 350. The molecule has 5 nitrogen and oxygen atoms in total. The van der Waals surface area contributed by atoms with Crippen LogP contribution in [0.4, 0.5) is 11.8 Å². The van der Waals surface area contributed by atoms with Crippen LogP contribution in [-0.4, -0.2) is 30.2 Å². The van der Waals surface area contributed by atoms with Gasteiger partial charge in [0.15, 0.2) is 0 Å². The highest BCUT2D eigenvalue weighted by atomic mass is 35.5. The van der Waals surface area contributed by atoms with Crippen molar-refractivity contribution in [3.8, 4) is 0 Å². The highest BCUT2D eigenvalue weighted by Gasteiger charge is 2.17. The Morgan fingerprint density at radius 3 is 2.76 bits per heavy atom. The topological polar surface area (TPSA) is 73.1 Å². The number of hydrogen-bond acceptors (Lipinski definition) is 5. The lowest BCUT2D eigenvalue weighted by Crippen LogP contribution is -2.25. The second-order valence-corrected chi connectivity index (χ2v) is 5.08. The average molecular weight is 259 g/mol. The molecular formula is C11H19ClN4O. The van der Waals surface area contributed by atoms with Crippen molar-refractivity contribution in [1.82, 2.24) is 9.97 Å². The monoisotopic (exact) mass is 258 g/mol. The first-order valence-corrected chi connectivity index (χ1v) is 5.83. The summed E-state index contributed by atoms with van der Waals surface area (Å²) < 4.78 is 5.07. The van der Waals surface area contributed by atoms with E-state index in [1.807, 2.05) is 0 Å². The van der Waals surface area contributed by atoms with Crippen LogP contribution in [0.5, 0.6) is 0 Å². The Morgan fingerprint density at radius 2 is 2.18 bits per heavy atom. The molecule has 1 aromatic heterocycles. The van der Waals surface area contributed by atoms with Gasteiger partial charge in [0.1, 0.15) is 11.0 Å². The van der Waals surface area contributed by atoms with Gasteiger partial charge in [0.05, 0.1) is 0 Å². The maximum Gasteiger partial charge on any atom is 0.223 e. The van der Waals surface area contributed by atoms with Crippen molar-refractivity contribution in [3.63, 3.8) is 0 Å².